The normalized spacial score (nSPS) is 25.1. The lowest BCUT2D eigenvalue weighted by molar-refractivity contribution is -0.438. The van der Waals surface area contributed by atoms with Crippen molar-refractivity contribution in [2.45, 2.75) is 95.4 Å². The van der Waals surface area contributed by atoms with E-state index in [1.165, 1.54) is 10.9 Å². The molecule has 0 spiro atoms. The number of ether oxygens (including phenoxy) is 1. The van der Waals surface area contributed by atoms with Crippen molar-refractivity contribution < 1.29 is 47.5 Å². The smallest absolute Gasteiger partial charge is 0.264 e. The third kappa shape index (κ3) is 8.12. The fourth-order valence-electron chi connectivity index (χ4n) is 8.54. The quantitative estimate of drug-likeness (QED) is 0.0638. The lowest BCUT2D eigenvalue weighted by Crippen LogP contribution is -2.64. The van der Waals surface area contributed by atoms with Crippen molar-refractivity contribution in [1.82, 2.24) is 5.32 Å². The summed E-state index contributed by atoms with van der Waals surface area (Å²) in [7, 11) is -4.03. The molecule has 13 heteroatoms. The van der Waals surface area contributed by atoms with Gasteiger partial charge >= 0.3 is 0 Å². The number of nitrogens with zero attached hydrogens (tertiary/aromatic N) is 2. The number of aliphatic hydroxyl groups is 4. The molecule has 0 bridgehead atoms. The minimum atomic E-state index is -4.03. The number of anilines is 1. The second-order valence-electron chi connectivity index (χ2n) is 15.9. The molecule has 3 aromatic rings. The molecule has 6 N–H and O–H groups in total. The molecule has 3 heterocycles. The van der Waals surface area contributed by atoms with Crippen molar-refractivity contribution in [1.29, 1.82) is 0 Å². The van der Waals surface area contributed by atoms with Crippen LogP contribution < -0.4 is 10.2 Å². The van der Waals surface area contributed by atoms with Gasteiger partial charge in [-0.1, -0.05) is 68.5 Å². The summed E-state index contributed by atoms with van der Waals surface area (Å²) in [5.41, 5.74) is 6.62. The second kappa shape index (κ2) is 16.3. The van der Waals surface area contributed by atoms with Gasteiger partial charge in [0.1, 0.15) is 30.9 Å². The number of rotatable bonds is 13. The zero-order valence-electron chi connectivity index (χ0n) is 32.6. The van der Waals surface area contributed by atoms with Gasteiger partial charge in [-0.05, 0) is 67.3 Å². The minimum absolute atomic E-state index is 0.0267. The predicted molar refractivity (Wildman–Crippen MR) is 217 cm³/mol. The zero-order valence-corrected chi connectivity index (χ0v) is 33.4. The molecule has 56 heavy (non-hydrogen) atoms. The van der Waals surface area contributed by atoms with Gasteiger partial charge in [0.15, 0.2) is 12.0 Å². The summed E-state index contributed by atoms with van der Waals surface area (Å²) in [4.78, 5) is 15.3. The first-order valence-electron chi connectivity index (χ1n) is 19.2. The summed E-state index contributed by atoms with van der Waals surface area (Å²) in [6.07, 6.45) is 5.48. The maximum atomic E-state index is 13.1. The fraction of sp³-hybridized carbons (Fsp3) is 0.442. The number of allylic oxidation sites excluding steroid dienone is 6. The van der Waals surface area contributed by atoms with Crippen molar-refractivity contribution in [3.05, 3.63) is 107 Å². The first-order valence-corrected chi connectivity index (χ1v) is 20.8. The van der Waals surface area contributed by atoms with E-state index in [1.807, 2.05) is 48.6 Å². The van der Waals surface area contributed by atoms with E-state index in [2.05, 4.69) is 85.8 Å². The Morgan fingerprint density at radius 3 is 2.43 bits per heavy atom. The van der Waals surface area contributed by atoms with Crippen molar-refractivity contribution >= 4 is 43.9 Å². The van der Waals surface area contributed by atoms with Crippen LogP contribution in [0.1, 0.15) is 64.2 Å². The average Bonchev–Trinajstić information content (AvgIpc) is 3.50. The maximum Gasteiger partial charge on any atom is 0.264 e. The molecule has 0 aromatic heterocycles. The summed E-state index contributed by atoms with van der Waals surface area (Å²) >= 11 is 0. The maximum absolute atomic E-state index is 13.1. The largest absolute Gasteiger partial charge is 0.394 e. The molecule has 6 rings (SSSR count). The molecule has 1 amide bonds. The number of amides is 1. The lowest BCUT2D eigenvalue weighted by atomic mass is 9.79. The average molecular weight is 789 g/mol. The summed E-state index contributed by atoms with van der Waals surface area (Å²) in [6, 6.07) is 17.2. The molecule has 0 saturated carbocycles. The molecule has 3 aliphatic rings. The SMILES string of the molecule is CCN1/C(=C/C=C/C=C/C2=[N+](CCCCS(=O)(=O)O)c3ccc4ccccc4c3C2(C)C)C(C)(C)c2cc(CC(=O)NC3C(O)O[C@H](CO)[C@@H](O)[C@@H]3O)ccc21. The molecule has 1 saturated heterocycles. The molecule has 3 aromatic carbocycles. The second-order valence-corrected chi connectivity index (χ2v) is 17.4. The summed E-state index contributed by atoms with van der Waals surface area (Å²) in [5.74, 6) is -0.732. The Hall–Kier alpha value is -4.21. The number of likely N-dealkylation sites (N-methyl/N-ethyl adjacent to an activating group) is 1. The third-order valence-corrected chi connectivity index (χ3v) is 12.2. The van der Waals surface area contributed by atoms with Crippen LogP contribution in [0.4, 0.5) is 11.4 Å². The van der Waals surface area contributed by atoms with Crippen molar-refractivity contribution in [3.8, 4) is 0 Å². The number of fused-ring (bicyclic) bond motifs is 4. The molecule has 5 atom stereocenters. The van der Waals surface area contributed by atoms with Crippen LogP contribution >= 0.6 is 0 Å². The topological polar surface area (TPSA) is 180 Å². The summed E-state index contributed by atoms with van der Waals surface area (Å²) in [5, 5.41) is 45.3. The molecule has 0 aliphatic carbocycles. The van der Waals surface area contributed by atoms with E-state index in [0.29, 0.717) is 19.4 Å². The van der Waals surface area contributed by atoms with Crippen molar-refractivity contribution in [3.63, 3.8) is 0 Å². The van der Waals surface area contributed by atoms with Gasteiger partial charge in [-0.3, -0.25) is 9.35 Å². The highest BCUT2D eigenvalue weighted by Gasteiger charge is 2.46. The number of hydrogen-bond acceptors (Lipinski definition) is 9. The minimum Gasteiger partial charge on any atom is -0.394 e. The Morgan fingerprint density at radius 1 is 0.964 bits per heavy atom. The van der Waals surface area contributed by atoms with Crippen LogP contribution in [-0.2, 0) is 36.9 Å². The Bertz CT molecular complexity index is 2210. The Labute approximate surface area is 328 Å². The van der Waals surface area contributed by atoms with Crippen LogP contribution in [0.5, 0.6) is 0 Å². The number of hydrogen-bond donors (Lipinski definition) is 6. The molecule has 3 aliphatic heterocycles. The summed E-state index contributed by atoms with van der Waals surface area (Å²) in [6.45, 7) is 11.5. The van der Waals surface area contributed by atoms with Gasteiger partial charge < -0.3 is 35.4 Å². The predicted octanol–water partition coefficient (Wildman–Crippen LogP) is 4.16. The monoisotopic (exact) mass is 788 g/mol. The number of carbonyl (C=O) groups is 1. The lowest BCUT2D eigenvalue weighted by Gasteiger charge is -2.40. The molecular weight excluding hydrogens is 735 g/mol. The standard InChI is InChI=1S/C43H53N3O9S/c1-6-45-31-20-18-27(25-36(48)44-38-40(50)39(49)33(26-47)55-41(38)51)24-30(31)42(2,3)34(45)16-8-7-9-17-35-43(4,5)37-29-15-11-10-14-28(29)19-21-32(37)46(35)22-12-13-23-56(52,53)54/h7-11,14-21,24,33,38-41,47,49-51H,6,12-13,22-23,25-26H2,1-5H3,(H-,44,48,52,53,54)/p+1/t33-,38?,39-,40-,41?/m1/s1. The van der Waals surface area contributed by atoms with Crippen LogP contribution in [0.2, 0.25) is 0 Å². The van der Waals surface area contributed by atoms with Crippen LogP contribution in [0.3, 0.4) is 0 Å². The van der Waals surface area contributed by atoms with E-state index in [9.17, 15) is 38.2 Å². The van der Waals surface area contributed by atoms with Crippen LogP contribution in [0, 0.1) is 0 Å². The van der Waals surface area contributed by atoms with Crippen molar-refractivity contribution in [2.24, 2.45) is 0 Å². The highest BCUT2D eigenvalue weighted by atomic mass is 32.2. The van der Waals surface area contributed by atoms with E-state index >= 15 is 0 Å². The van der Waals surface area contributed by atoms with Gasteiger partial charge in [0.25, 0.3) is 10.1 Å². The van der Waals surface area contributed by atoms with Gasteiger partial charge in [0.05, 0.1) is 24.2 Å². The van der Waals surface area contributed by atoms with E-state index in [1.54, 1.807) is 0 Å². The number of aliphatic hydroxyl groups excluding tert-OH is 4. The third-order valence-electron chi connectivity index (χ3n) is 11.4. The van der Waals surface area contributed by atoms with Gasteiger partial charge in [-0.15, -0.1) is 0 Å². The Morgan fingerprint density at radius 2 is 1.71 bits per heavy atom. The van der Waals surface area contributed by atoms with Crippen LogP contribution in [0.25, 0.3) is 10.8 Å². The van der Waals surface area contributed by atoms with E-state index in [-0.39, 0.29) is 17.6 Å². The van der Waals surface area contributed by atoms with E-state index < -0.39 is 58.7 Å². The molecular formula is C43H54N3O9S+. The molecule has 1 fully saturated rings. The number of carbonyl (C=O) groups excluding carboxylic acids is 1. The Kier molecular flexibility index (Phi) is 12.1. The Balaban J connectivity index is 1.20. The molecule has 12 nitrogen and oxygen atoms in total. The van der Waals surface area contributed by atoms with Gasteiger partial charge in [-0.25, -0.2) is 0 Å². The first kappa shape index (κ1) is 41.4. The number of benzene rings is 3. The molecule has 2 unspecified atom stereocenters. The van der Waals surface area contributed by atoms with Crippen LogP contribution in [0.15, 0.2) is 90.7 Å². The summed E-state index contributed by atoms with van der Waals surface area (Å²) < 4.78 is 39.5. The van der Waals surface area contributed by atoms with Crippen molar-refractivity contribution in [2.75, 3.05) is 30.3 Å². The van der Waals surface area contributed by atoms with Gasteiger partial charge in [0.2, 0.25) is 11.6 Å². The van der Waals surface area contributed by atoms with Crippen LogP contribution in [-0.4, -0.2) is 106 Å². The molecule has 0 radical (unpaired) electrons. The van der Waals surface area contributed by atoms with Gasteiger partial charge in [0, 0.05) is 47.5 Å². The van der Waals surface area contributed by atoms with E-state index in [4.69, 9.17) is 4.74 Å². The number of unbranched alkanes of at least 4 members (excludes halogenated alkanes) is 1. The first-order chi connectivity index (χ1) is 26.5. The zero-order chi connectivity index (χ0) is 40.6. The van der Waals surface area contributed by atoms with Gasteiger partial charge in [-0.2, -0.15) is 13.0 Å². The molecule has 300 valence electrons. The highest BCUT2D eigenvalue weighted by Crippen LogP contribution is 2.48. The number of nitrogens with one attached hydrogen (secondary N) is 1. The highest BCUT2D eigenvalue weighted by molar-refractivity contribution is 7.85. The van der Waals surface area contributed by atoms with E-state index in [0.717, 1.165) is 45.8 Å². The fourth-order valence-corrected chi connectivity index (χ4v) is 9.11.